The molecule has 0 saturated carbocycles. The van der Waals surface area contributed by atoms with Gasteiger partial charge in [-0.05, 0) is 96.4 Å². The van der Waals surface area contributed by atoms with Crippen molar-refractivity contribution in [2.45, 2.75) is 19.6 Å². The standard InChI is InChI=1S/C34H28N10O14S4/c35-24-16-22(45)8-12-25(24)41-38-19-3-1-18(2-4-19)37-26-11-7-21(15-27(26)60(50,51)52)39-42-32-28(61(53,54)55)13-17-14-29(62(56,57)58)33(34(46)30(17)31(32)36)43-44-40-20-5-9-23(10-6-20)59(47,48)49/h1-16,37,45-46H,35-36H2,(H,40,43)(H,47,48,49)(H,50,51,52)(H,53,54,55)(H,56,57,58). The van der Waals surface area contributed by atoms with Crippen LogP contribution < -0.4 is 22.2 Å². The van der Waals surface area contributed by atoms with Gasteiger partial charge in [0, 0.05) is 11.8 Å². The third-order valence-electron chi connectivity index (χ3n) is 8.29. The van der Waals surface area contributed by atoms with Crippen LogP contribution in [0.25, 0.3) is 10.8 Å². The van der Waals surface area contributed by atoms with E-state index in [-0.39, 0.29) is 28.5 Å². The maximum Gasteiger partial charge on any atom is 0.296 e. The first-order valence-electron chi connectivity index (χ1n) is 16.6. The van der Waals surface area contributed by atoms with E-state index in [1.807, 2.05) is 0 Å². The van der Waals surface area contributed by atoms with Crippen LogP contribution in [0.4, 0.5) is 56.9 Å². The van der Waals surface area contributed by atoms with E-state index >= 15 is 0 Å². The van der Waals surface area contributed by atoms with Crippen molar-refractivity contribution in [2.75, 3.05) is 22.2 Å². The molecule has 0 aliphatic rings. The van der Waals surface area contributed by atoms with E-state index in [1.54, 1.807) is 0 Å². The lowest BCUT2D eigenvalue weighted by Crippen LogP contribution is -2.04. The molecule has 0 radical (unpaired) electrons. The molecule has 0 aromatic heterocycles. The first-order chi connectivity index (χ1) is 28.9. The summed E-state index contributed by atoms with van der Waals surface area (Å²) in [6.07, 6.45) is 0. The second-order valence-corrected chi connectivity index (χ2v) is 18.1. The predicted molar refractivity (Wildman–Crippen MR) is 221 cm³/mol. The Kier molecular flexibility index (Phi) is 12.0. The van der Waals surface area contributed by atoms with Gasteiger partial charge in [0.15, 0.2) is 11.4 Å². The fraction of sp³-hybridized carbons (Fsp3) is 0. The number of azo groups is 2. The Bertz CT molecular complexity index is 3330. The summed E-state index contributed by atoms with van der Waals surface area (Å²) in [6.45, 7) is 0. The molecule has 6 aromatic rings. The monoisotopic (exact) mass is 928 g/mol. The molecule has 0 amide bonds. The number of hydrogen-bond donors (Lipinski definition) is 10. The quantitative estimate of drug-likeness (QED) is 0.0239. The molecule has 62 heavy (non-hydrogen) atoms. The average Bonchev–Trinajstić information content (AvgIpc) is 3.17. The number of nitrogens with zero attached hydrogens (tertiary/aromatic N) is 6. The van der Waals surface area contributed by atoms with Crippen LogP contribution in [-0.4, -0.2) is 62.1 Å². The molecule has 6 aromatic carbocycles. The lowest BCUT2D eigenvalue weighted by atomic mass is 10.1. The topological polar surface area (TPSA) is 408 Å². The molecule has 0 atom stereocenters. The summed E-state index contributed by atoms with van der Waals surface area (Å²) >= 11 is 0. The van der Waals surface area contributed by atoms with Gasteiger partial charge in [-0.3, -0.25) is 23.6 Å². The molecule has 0 aliphatic carbocycles. The highest BCUT2D eigenvalue weighted by molar-refractivity contribution is 7.86. The molecule has 0 heterocycles. The van der Waals surface area contributed by atoms with E-state index in [9.17, 15) is 57.5 Å². The van der Waals surface area contributed by atoms with Crippen molar-refractivity contribution < 1.29 is 62.1 Å². The second kappa shape index (κ2) is 16.7. The molecule has 0 aliphatic heterocycles. The molecule has 0 fully saturated rings. The summed E-state index contributed by atoms with van der Waals surface area (Å²) in [7, 11) is -20.1. The van der Waals surface area contributed by atoms with Gasteiger partial charge in [0.1, 0.15) is 31.8 Å². The summed E-state index contributed by atoms with van der Waals surface area (Å²) in [5.41, 5.74) is 12.5. The van der Waals surface area contributed by atoms with Crippen molar-refractivity contribution in [2.24, 2.45) is 30.8 Å². The predicted octanol–water partition coefficient (Wildman–Crippen LogP) is 7.09. The lowest BCUT2D eigenvalue weighted by Gasteiger charge is -2.14. The number of benzene rings is 6. The van der Waals surface area contributed by atoms with Crippen molar-refractivity contribution in [3.05, 3.63) is 97.1 Å². The van der Waals surface area contributed by atoms with Crippen LogP contribution in [0.1, 0.15) is 0 Å². The minimum absolute atomic E-state index is 0.0447. The van der Waals surface area contributed by atoms with E-state index in [0.717, 1.165) is 30.3 Å². The first kappa shape index (κ1) is 44.4. The summed E-state index contributed by atoms with van der Waals surface area (Å²) in [5.74, 6) is -1.16. The number of phenolic OH excluding ortho intramolecular Hbond substituents is 2. The van der Waals surface area contributed by atoms with E-state index in [0.29, 0.717) is 29.2 Å². The lowest BCUT2D eigenvalue weighted by molar-refractivity contribution is 0.472. The Morgan fingerprint density at radius 2 is 1.08 bits per heavy atom. The van der Waals surface area contributed by atoms with E-state index in [1.165, 1.54) is 54.6 Å². The smallest absolute Gasteiger partial charge is 0.296 e. The summed E-state index contributed by atoms with van der Waals surface area (Å²) in [6, 6.07) is 18.9. The van der Waals surface area contributed by atoms with Gasteiger partial charge >= 0.3 is 0 Å². The van der Waals surface area contributed by atoms with Crippen LogP contribution in [-0.2, 0) is 40.5 Å². The minimum Gasteiger partial charge on any atom is -0.508 e. The summed E-state index contributed by atoms with van der Waals surface area (Å²) in [4.78, 5) is -3.40. The zero-order chi connectivity index (χ0) is 45.4. The van der Waals surface area contributed by atoms with Crippen molar-refractivity contribution in [3.63, 3.8) is 0 Å². The van der Waals surface area contributed by atoms with Crippen LogP contribution in [0.15, 0.2) is 147 Å². The molecule has 12 N–H and O–H groups in total. The van der Waals surface area contributed by atoms with Gasteiger partial charge in [0.05, 0.1) is 44.4 Å². The first-order valence-corrected chi connectivity index (χ1v) is 22.4. The Balaban J connectivity index is 1.35. The van der Waals surface area contributed by atoms with Gasteiger partial charge in [-0.25, -0.2) is 0 Å². The molecule has 28 heteroatoms. The Morgan fingerprint density at radius 1 is 0.516 bits per heavy atom. The van der Waals surface area contributed by atoms with Crippen LogP contribution in [0.3, 0.4) is 0 Å². The third kappa shape index (κ3) is 10.0. The zero-order valence-electron chi connectivity index (χ0n) is 30.7. The maximum atomic E-state index is 12.5. The molecular weight excluding hydrogens is 901 g/mol. The number of hydrogen-bond acceptors (Lipinski definition) is 19. The van der Waals surface area contributed by atoms with Crippen LogP contribution in [0.5, 0.6) is 11.5 Å². The van der Waals surface area contributed by atoms with Crippen LogP contribution >= 0.6 is 0 Å². The normalized spacial score (nSPS) is 12.8. The Morgan fingerprint density at radius 3 is 1.66 bits per heavy atom. The highest BCUT2D eigenvalue weighted by Gasteiger charge is 2.28. The molecule has 0 saturated heterocycles. The SMILES string of the molecule is Nc1cc(O)ccc1N=Nc1ccc(Nc2ccc(N=Nc3c(S(=O)(=O)O)cc4cc(S(=O)(=O)O)c(N=NNc5ccc(S(=O)(=O)O)cc5)c(O)c4c3N)cc2S(=O)(=O)O)cc1. The Hall–Kier alpha value is -7.18. The van der Waals surface area contributed by atoms with Gasteiger partial charge in [-0.15, -0.1) is 15.3 Å². The van der Waals surface area contributed by atoms with Crippen molar-refractivity contribution in [1.29, 1.82) is 0 Å². The number of nitrogens with two attached hydrogens (primary N) is 2. The highest BCUT2D eigenvalue weighted by atomic mass is 32.2. The van der Waals surface area contributed by atoms with Crippen LogP contribution in [0.2, 0.25) is 0 Å². The van der Waals surface area contributed by atoms with Gasteiger partial charge in [-0.2, -0.15) is 43.9 Å². The molecular formula is C34H28N10O14S4. The molecule has 24 nitrogen and oxygen atoms in total. The third-order valence-corrected chi connectivity index (χ3v) is 11.8. The van der Waals surface area contributed by atoms with Crippen molar-refractivity contribution in [3.8, 4) is 11.5 Å². The minimum atomic E-state index is -5.28. The average molecular weight is 929 g/mol. The van der Waals surface area contributed by atoms with Gasteiger partial charge in [0.2, 0.25) is 0 Å². The summed E-state index contributed by atoms with van der Waals surface area (Å²) in [5, 5.41) is 45.3. The number of fused-ring (bicyclic) bond motifs is 1. The summed E-state index contributed by atoms with van der Waals surface area (Å²) < 4.78 is 137. The van der Waals surface area contributed by atoms with Gasteiger partial charge in [0.25, 0.3) is 40.5 Å². The highest BCUT2D eigenvalue weighted by Crippen LogP contribution is 2.48. The fourth-order valence-corrected chi connectivity index (χ4v) is 7.92. The zero-order valence-corrected chi connectivity index (χ0v) is 33.9. The number of nitrogen functional groups attached to an aromatic ring is 2. The van der Waals surface area contributed by atoms with Crippen molar-refractivity contribution >= 4 is 108 Å². The second-order valence-electron chi connectivity index (χ2n) is 12.5. The molecule has 0 spiro atoms. The number of aromatic hydroxyl groups is 2. The van der Waals surface area contributed by atoms with E-state index in [2.05, 4.69) is 41.5 Å². The largest absolute Gasteiger partial charge is 0.508 e. The number of anilines is 5. The van der Waals surface area contributed by atoms with Crippen molar-refractivity contribution in [1.82, 2.24) is 0 Å². The molecule has 0 unspecified atom stereocenters. The fourth-order valence-electron chi connectivity index (χ4n) is 5.45. The van der Waals surface area contributed by atoms with Gasteiger partial charge < -0.3 is 27.0 Å². The number of phenols is 2. The molecule has 0 bridgehead atoms. The van der Waals surface area contributed by atoms with E-state index in [4.69, 9.17) is 16.0 Å². The maximum absolute atomic E-state index is 12.5. The van der Waals surface area contributed by atoms with Crippen LogP contribution in [0, 0.1) is 0 Å². The van der Waals surface area contributed by atoms with Gasteiger partial charge in [-0.1, -0.05) is 5.22 Å². The molecule has 6 rings (SSSR count). The number of rotatable bonds is 13. The Labute approximate surface area is 350 Å². The number of nitrogens with one attached hydrogen (secondary N) is 2. The molecule has 322 valence electrons. The van der Waals surface area contributed by atoms with E-state index < -0.39 is 93.6 Å².